The molecule has 0 fully saturated rings. The van der Waals surface area contributed by atoms with Gasteiger partial charge in [-0.25, -0.2) is 4.79 Å². The molecule has 0 aliphatic heterocycles. The number of nitriles is 1. The van der Waals surface area contributed by atoms with Gasteiger partial charge in [-0.05, 0) is 18.9 Å². The van der Waals surface area contributed by atoms with E-state index in [2.05, 4.69) is 5.32 Å². The third-order valence-electron chi connectivity index (χ3n) is 3.56. The lowest BCUT2D eigenvalue weighted by molar-refractivity contribution is -0.385. The minimum Gasteiger partial charge on any atom is -0.475 e. The molecule has 1 amide bonds. The standard InChI is InChI=1S/C16H19N3O6/c1-11(2)16(3,10-17)18-14(20)8-25-15(21)9-24-13-7-5-4-6-12(13)19(22)23/h4-7,11H,8-9H2,1-3H3,(H,18,20)/t16-/m1/s1. The van der Waals surface area contributed by atoms with Crippen molar-refractivity contribution >= 4 is 17.6 Å². The second-order valence-corrected chi connectivity index (χ2v) is 5.69. The van der Waals surface area contributed by atoms with Gasteiger partial charge >= 0.3 is 11.7 Å². The molecule has 0 aliphatic rings. The van der Waals surface area contributed by atoms with E-state index >= 15 is 0 Å². The van der Waals surface area contributed by atoms with Gasteiger partial charge in [0.05, 0.1) is 11.0 Å². The maximum atomic E-state index is 11.8. The van der Waals surface area contributed by atoms with E-state index in [-0.39, 0.29) is 17.4 Å². The maximum Gasteiger partial charge on any atom is 0.344 e. The minimum absolute atomic E-state index is 0.0780. The van der Waals surface area contributed by atoms with Gasteiger partial charge in [0.15, 0.2) is 19.0 Å². The summed E-state index contributed by atoms with van der Waals surface area (Å²) in [6.45, 7) is 3.95. The lowest BCUT2D eigenvalue weighted by atomic mass is 9.90. The van der Waals surface area contributed by atoms with E-state index in [1.165, 1.54) is 24.3 Å². The first-order valence-electron chi connectivity index (χ1n) is 7.43. The van der Waals surface area contributed by atoms with Crippen LogP contribution < -0.4 is 10.1 Å². The van der Waals surface area contributed by atoms with Crippen LogP contribution in [0.3, 0.4) is 0 Å². The van der Waals surface area contributed by atoms with Crippen molar-refractivity contribution in [2.24, 2.45) is 5.92 Å². The van der Waals surface area contributed by atoms with E-state index in [4.69, 9.17) is 14.7 Å². The predicted octanol–water partition coefficient (Wildman–Crippen LogP) is 1.57. The second kappa shape index (κ2) is 8.63. The van der Waals surface area contributed by atoms with Crippen molar-refractivity contribution in [3.63, 3.8) is 0 Å². The Balaban J connectivity index is 2.50. The number of esters is 1. The van der Waals surface area contributed by atoms with Gasteiger partial charge in [0.1, 0.15) is 5.54 Å². The van der Waals surface area contributed by atoms with Gasteiger partial charge in [-0.15, -0.1) is 0 Å². The van der Waals surface area contributed by atoms with Gasteiger partial charge < -0.3 is 14.8 Å². The molecule has 0 heterocycles. The molecule has 0 aliphatic carbocycles. The molecule has 1 N–H and O–H groups in total. The summed E-state index contributed by atoms with van der Waals surface area (Å²) < 4.78 is 9.79. The number of para-hydroxylation sites is 2. The molecule has 0 saturated heterocycles. The van der Waals surface area contributed by atoms with Crippen LogP contribution in [0.4, 0.5) is 5.69 Å². The smallest absolute Gasteiger partial charge is 0.344 e. The van der Waals surface area contributed by atoms with Gasteiger partial charge in [-0.2, -0.15) is 5.26 Å². The zero-order valence-electron chi connectivity index (χ0n) is 14.1. The van der Waals surface area contributed by atoms with Crippen LogP contribution >= 0.6 is 0 Å². The highest BCUT2D eigenvalue weighted by Gasteiger charge is 2.30. The molecule has 9 heteroatoms. The number of benzene rings is 1. The normalized spacial score (nSPS) is 12.6. The van der Waals surface area contributed by atoms with Crippen molar-refractivity contribution in [3.8, 4) is 11.8 Å². The fraction of sp³-hybridized carbons (Fsp3) is 0.438. The molecule has 1 aromatic rings. The summed E-state index contributed by atoms with van der Waals surface area (Å²) in [5, 5.41) is 22.4. The Morgan fingerprint density at radius 1 is 1.36 bits per heavy atom. The number of hydrogen-bond acceptors (Lipinski definition) is 7. The Kier molecular flexibility index (Phi) is 6.87. The van der Waals surface area contributed by atoms with Crippen LogP contribution in [0.25, 0.3) is 0 Å². The zero-order valence-corrected chi connectivity index (χ0v) is 14.1. The Bertz CT molecular complexity index is 697. The molecule has 25 heavy (non-hydrogen) atoms. The second-order valence-electron chi connectivity index (χ2n) is 5.69. The quantitative estimate of drug-likeness (QED) is 0.428. The molecule has 0 saturated carbocycles. The molecule has 0 unspecified atom stereocenters. The number of nitro benzene ring substituents is 1. The van der Waals surface area contributed by atoms with Crippen LogP contribution in [0.5, 0.6) is 5.75 Å². The van der Waals surface area contributed by atoms with Crippen LogP contribution in [0.2, 0.25) is 0 Å². The highest BCUT2D eigenvalue weighted by molar-refractivity contribution is 5.81. The van der Waals surface area contributed by atoms with E-state index in [0.717, 1.165) is 0 Å². The number of ether oxygens (including phenoxy) is 2. The third-order valence-corrected chi connectivity index (χ3v) is 3.56. The first kappa shape index (κ1) is 19.9. The van der Waals surface area contributed by atoms with E-state index in [0.29, 0.717) is 0 Å². The van der Waals surface area contributed by atoms with Crippen molar-refractivity contribution < 1.29 is 24.0 Å². The number of nitrogens with one attached hydrogen (secondary N) is 1. The first-order chi connectivity index (χ1) is 11.7. The fourth-order valence-corrected chi connectivity index (χ4v) is 1.68. The van der Waals surface area contributed by atoms with E-state index in [1.54, 1.807) is 20.8 Å². The van der Waals surface area contributed by atoms with E-state index in [9.17, 15) is 19.7 Å². The van der Waals surface area contributed by atoms with Crippen LogP contribution in [0.15, 0.2) is 24.3 Å². The summed E-state index contributed by atoms with van der Waals surface area (Å²) in [6.07, 6.45) is 0. The number of rotatable bonds is 8. The molecule has 134 valence electrons. The van der Waals surface area contributed by atoms with Gasteiger partial charge in [-0.3, -0.25) is 14.9 Å². The van der Waals surface area contributed by atoms with Crippen LogP contribution in [-0.2, 0) is 14.3 Å². The van der Waals surface area contributed by atoms with Gasteiger partial charge in [-0.1, -0.05) is 26.0 Å². The third kappa shape index (κ3) is 5.76. The predicted molar refractivity (Wildman–Crippen MR) is 86.5 cm³/mol. The Labute approximate surface area is 144 Å². The van der Waals surface area contributed by atoms with E-state index < -0.39 is 35.6 Å². The Morgan fingerprint density at radius 3 is 2.56 bits per heavy atom. The molecule has 0 aromatic heterocycles. The molecule has 1 atom stereocenters. The number of nitrogens with zero attached hydrogens (tertiary/aromatic N) is 2. The largest absolute Gasteiger partial charge is 0.475 e. The summed E-state index contributed by atoms with van der Waals surface area (Å²) in [4.78, 5) is 33.6. The first-order valence-corrected chi connectivity index (χ1v) is 7.43. The molecule has 1 rings (SSSR count). The molecule has 9 nitrogen and oxygen atoms in total. The Morgan fingerprint density at radius 2 is 2.00 bits per heavy atom. The summed E-state index contributed by atoms with van der Waals surface area (Å²) in [6, 6.07) is 7.57. The molecule has 1 aromatic carbocycles. The van der Waals surface area contributed by atoms with Gasteiger partial charge in [0.2, 0.25) is 0 Å². The van der Waals surface area contributed by atoms with E-state index in [1.807, 2.05) is 6.07 Å². The Hall–Kier alpha value is -3.15. The monoisotopic (exact) mass is 349 g/mol. The SMILES string of the molecule is CC(C)[C@@](C)(C#N)NC(=O)COC(=O)COc1ccccc1[N+](=O)[O-]. The number of carbonyl (C=O) groups excluding carboxylic acids is 2. The lowest BCUT2D eigenvalue weighted by Crippen LogP contribution is -2.50. The molecule has 0 bridgehead atoms. The lowest BCUT2D eigenvalue weighted by Gasteiger charge is -2.27. The van der Waals surface area contributed by atoms with Crippen molar-refractivity contribution in [3.05, 3.63) is 34.4 Å². The molecular formula is C16H19N3O6. The van der Waals surface area contributed by atoms with Crippen molar-refractivity contribution in [2.45, 2.75) is 26.3 Å². The van der Waals surface area contributed by atoms with Crippen LogP contribution in [0.1, 0.15) is 20.8 Å². The molecule has 0 radical (unpaired) electrons. The molecular weight excluding hydrogens is 330 g/mol. The zero-order chi connectivity index (χ0) is 19.0. The van der Waals surface area contributed by atoms with Crippen molar-refractivity contribution in [2.75, 3.05) is 13.2 Å². The van der Waals surface area contributed by atoms with Gasteiger partial charge in [0.25, 0.3) is 5.91 Å². The van der Waals surface area contributed by atoms with Crippen LogP contribution in [0, 0.1) is 27.4 Å². The number of hydrogen-bond donors (Lipinski definition) is 1. The minimum atomic E-state index is -1.08. The van der Waals surface area contributed by atoms with Crippen molar-refractivity contribution in [1.82, 2.24) is 5.32 Å². The maximum absolute atomic E-state index is 11.8. The number of carbonyl (C=O) groups is 2. The average Bonchev–Trinajstić information content (AvgIpc) is 2.57. The summed E-state index contributed by atoms with van der Waals surface area (Å²) in [5.41, 5.74) is -1.36. The number of amides is 1. The highest BCUT2D eigenvalue weighted by atomic mass is 16.6. The summed E-state index contributed by atoms with van der Waals surface area (Å²) in [5.74, 6) is -1.71. The highest BCUT2D eigenvalue weighted by Crippen LogP contribution is 2.25. The number of nitro groups is 1. The van der Waals surface area contributed by atoms with Crippen molar-refractivity contribution in [1.29, 1.82) is 5.26 Å². The average molecular weight is 349 g/mol. The van der Waals surface area contributed by atoms with Crippen LogP contribution in [-0.4, -0.2) is 35.6 Å². The van der Waals surface area contributed by atoms with Gasteiger partial charge in [0, 0.05) is 6.07 Å². The topological polar surface area (TPSA) is 132 Å². The fourth-order valence-electron chi connectivity index (χ4n) is 1.68. The summed E-state index contributed by atoms with van der Waals surface area (Å²) >= 11 is 0. The molecule has 0 spiro atoms. The summed E-state index contributed by atoms with van der Waals surface area (Å²) in [7, 11) is 0.